The minimum Gasteiger partial charge on any atom is -0.493 e. The molecule has 6 heteroatoms. The van der Waals surface area contributed by atoms with Gasteiger partial charge < -0.3 is 18.6 Å². The van der Waals surface area contributed by atoms with Gasteiger partial charge in [-0.2, -0.15) is 5.26 Å². The summed E-state index contributed by atoms with van der Waals surface area (Å²) in [6.07, 6.45) is -0.676. The van der Waals surface area contributed by atoms with E-state index in [1.807, 2.05) is 0 Å². The third-order valence-corrected chi connectivity index (χ3v) is 8.76. The van der Waals surface area contributed by atoms with Crippen molar-refractivity contribution in [1.82, 2.24) is 0 Å². The molecule has 0 amide bonds. The van der Waals surface area contributed by atoms with Crippen molar-refractivity contribution in [2.75, 3.05) is 21.3 Å². The molecule has 1 atom stereocenters. The summed E-state index contributed by atoms with van der Waals surface area (Å²) in [7, 11) is 2.57. The number of rotatable bonds is 6. The Hall–Kier alpha value is -1.71. The van der Waals surface area contributed by atoms with E-state index < -0.39 is 14.4 Å². The van der Waals surface area contributed by atoms with Gasteiger partial charge in [0.2, 0.25) is 5.75 Å². The molecule has 1 rings (SSSR count). The average Bonchev–Trinajstić information content (AvgIpc) is 2.49. The van der Waals surface area contributed by atoms with E-state index in [9.17, 15) is 5.26 Å². The van der Waals surface area contributed by atoms with Crippen LogP contribution in [-0.2, 0) is 4.43 Å². The van der Waals surface area contributed by atoms with E-state index in [2.05, 4.69) is 39.9 Å². The second-order valence-electron chi connectivity index (χ2n) is 6.85. The van der Waals surface area contributed by atoms with Gasteiger partial charge in [0.1, 0.15) is 0 Å². The second-order valence-corrected chi connectivity index (χ2v) is 11.6. The van der Waals surface area contributed by atoms with E-state index in [0.29, 0.717) is 22.8 Å². The molecule has 0 spiro atoms. The maximum atomic E-state index is 9.60. The highest BCUT2D eigenvalue weighted by molar-refractivity contribution is 6.74. The number of methoxy groups -OCH3 is 3. The minimum absolute atomic E-state index is 0.0166. The predicted molar refractivity (Wildman–Crippen MR) is 92.7 cm³/mol. The van der Waals surface area contributed by atoms with Gasteiger partial charge >= 0.3 is 0 Å². The second kappa shape index (κ2) is 7.24. The Morgan fingerprint density at radius 3 is 1.78 bits per heavy atom. The normalized spacial score (nSPS) is 13.2. The Morgan fingerprint density at radius 1 is 1.00 bits per heavy atom. The standard InChI is InChI=1S/C17H27NO4Si/c1-17(2,3)23(7,8)22-15(11-18)12-9-13(19-4)16(21-6)14(10-12)20-5/h9-10,15H,1-8H3. The van der Waals surface area contributed by atoms with Crippen molar-refractivity contribution in [2.24, 2.45) is 0 Å². The minimum atomic E-state index is -2.08. The van der Waals surface area contributed by atoms with Crippen LogP contribution >= 0.6 is 0 Å². The molecule has 0 heterocycles. The van der Waals surface area contributed by atoms with E-state index in [0.717, 1.165) is 0 Å². The number of ether oxygens (including phenoxy) is 3. The molecule has 1 aromatic rings. The lowest BCUT2D eigenvalue weighted by Crippen LogP contribution is -2.41. The Morgan fingerprint density at radius 2 is 1.48 bits per heavy atom. The molecule has 0 aliphatic heterocycles. The fraction of sp³-hybridized carbons (Fsp3) is 0.588. The summed E-state index contributed by atoms with van der Waals surface area (Å²) >= 11 is 0. The number of benzene rings is 1. The van der Waals surface area contributed by atoms with Gasteiger partial charge in [-0.15, -0.1) is 0 Å². The molecule has 0 radical (unpaired) electrons. The quantitative estimate of drug-likeness (QED) is 0.724. The molecule has 0 fully saturated rings. The van der Waals surface area contributed by atoms with Crippen molar-refractivity contribution < 1.29 is 18.6 Å². The van der Waals surface area contributed by atoms with Gasteiger partial charge in [0.05, 0.1) is 27.4 Å². The molecule has 23 heavy (non-hydrogen) atoms. The Labute approximate surface area is 140 Å². The van der Waals surface area contributed by atoms with Crippen LogP contribution in [0.5, 0.6) is 17.2 Å². The van der Waals surface area contributed by atoms with Crippen LogP contribution in [0.1, 0.15) is 32.4 Å². The third kappa shape index (κ3) is 4.18. The van der Waals surface area contributed by atoms with Gasteiger partial charge in [-0.1, -0.05) is 20.8 Å². The van der Waals surface area contributed by atoms with Crippen LogP contribution in [0.15, 0.2) is 12.1 Å². The summed E-state index contributed by atoms with van der Waals surface area (Å²) in [6.45, 7) is 10.7. The molecular weight excluding hydrogens is 310 g/mol. The Bertz CT molecular complexity index is 562. The summed E-state index contributed by atoms with van der Waals surface area (Å²) in [5.41, 5.74) is 0.701. The topological polar surface area (TPSA) is 60.7 Å². The number of hydrogen-bond acceptors (Lipinski definition) is 5. The molecule has 0 saturated heterocycles. The summed E-state index contributed by atoms with van der Waals surface area (Å²) in [5, 5.41) is 9.61. The number of hydrogen-bond donors (Lipinski definition) is 0. The maximum Gasteiger partial charge on any atom is 0.203 e. The average molecular weight is 337 g/mol. The zero-order chi connectivity index (χ0) is 17.8. The number of nitriles is 1. The Balaban J connectivity index is 3.30. The highest BCUT2D eigenvalue weighted by Gasteiger charge is 2.39. The first-order valence-corrected chi connectivity index (χ1v) is 10.4. The molecule has 0 aliphatic carbocycles. The molecule has 0 bridgehead atoms. The van der Waals surface area contributed by atoms with Gasteiger partial charge in [0.15, 0.2) is 25.9 Å². The molecule has 1 unspecified atom stereocenters. The SMILES string of the molecule is COc1cc(C(C#N)O[Si](C)(C)C(C)(C)C)cc(OC)c1OC. The first-order chi connectivity index (χ1) is 10.6. The van der Waals surface area contributed by atoms with Crippen LogP contribution < -0.4 is 14.2 Å². The molecule has 0 aliphatic rings. The smallest absolute Gasteiger partial charge is 0.203 e. The summed E-state index contributed by atoms with van der Waals surface area (Å²) < 4.78 is 22.3. The lowest BCUT2D eigenvalue weighted by atomic mass is 10.1. The van der Waals surface area contributed by atoms with E-state index in [4.69, 9.17) is 18.6 Å². The first kappa shape index (κ1) is 19.3. The van der Waals surface area contributed by atoms with Crippen molar-refractivity contribution in [3.05, 3.63) is 17.7 Å². The van der Waals surface area contributed by atoms with Gasteiger partial charge in [0, 0.05) is 5.56 Å². The summed E-state index contributed by atoms with van der Waals surface area (Å²) in [5.74, 6) is 1.53. The highest BCUT2D eigenvalue weighted by atomic mass is 28.4. The summed E-state index contributed by atoms with van der Waals surface area (Å²) in [4.78, 5) is 0. The lowest BCUT2D eigenvalue weighted by Gasteiger charge is -2.37. The van der Waals surface area contributed by atoms with Crippen molar-refractivity contribution in [3.8, 4) is 23.3 Å². The zero-order valence-electron chi connectivity index (χ0n) is 15.3. The van der Waals surface area contributed by atoms with Crippen molar-refractivity contribution >= 4 is 8.32 Å². The highest BCUT2D eigenvalue weighted by Crippen LogP contribution is 2.43. The number of nitrogens with zero attached hydrogens (tertiary/aromatic N) is 1. The van der Waals surface area contributed by atoms with Crippen molar-refractivity contribution in [3.63, 3.8) is 0 Å². The van der Waals surface area contributed by atoms with Crippen LogP contribution in [0.3, 0.4) is 0 Å². The van der Waals surface area contributed by atoms with E-state index in [-0.39, 0.29) is 5.04 Å². The van der Waals surface area contributed by atoms with Crippen molar-refractivity contribution in [1.29, 1.82) is 5.26 Å². The fourth-order valence-corrected chi connectivity index (χ4v) is 3.02. The van der Waals surface area contributed by atoms with E-state index >= 15 is 0 Å². The molecular formula is C17H27NO4Si. The molecule has 0 saturated carbocycles. The van der Waals surface area contributed by atoms with Crippen molar-refractivity contribution in [2.45, 2.75) is 45.0 Å². The van der Waals surface area contributed by atoms with E-state index in [1.54, 1.807) is 33.5 Å². The largest absolute Gasteiger partial charge is 0.493 e. The lowest BCUT2D eigenvalue weighted by molar-refractivity contribution is 0.234. The van der Waals surface area contributed by atoms with Crippen LogP contribution in [-0.4, -0.2) is 29.6 Å². The van der Waals surface area contributed by atoms with Gasteiger partial charge in [-0.05, 0) is 30.3 Å². The maximum absolute atomic E-state index is 9.60. The molecule has 1 aromatic carbocycles. The van der Waals surface area contributed by atoms with Crippen LogP contribution in [0.4, 0.5) is 0 Å². The van der Waals surface area contributed by atoms with Crippen LogP contribution in [0, 0.1) is 11.3 Å². The predicted octanol–water partition coefficient (Wildman–Crippen LogP) is 4.30. The van der Waals surface area contributed by atoms with Gasteiger partial charge in [0.25, 0.3) is 0 Å². The third-order valence-electron chi connectivity index (χ3n) is 4.33. The zero-order valence-corrected chi connectivity index (χ0v) is 16.3. The molecule has 0 N–H and O–H groups in total. The molecule has 5 nitrogen and oxygen atoms in total. The van der Waals surface area contributed by atoms with Gasteiger partial charge in [-0.25, -0.2) is 0 Å². The van der Waals surface area contributed by atoms with Crippen LogP contribution in [0.2, 0.25) is 18.1 Å². The first-order valence-electron chi connectivity index (χ1n) is 7.48. The molecule has 0 aromatic heterocycles. The van der Waals surface area contributed by atoms with E-state index in [1.165, 1.54) is 0 Å². The van der Waals surface area contributed by atoms with Gasteiger partial charge in [-0.3, -0.25) is 0 Å². The summed E-state index contributed by atoms with van der Waals surface area (Å²) in [6, 6.07) is 5.78. The van der Waals surface area contributed by atoms with Crippen LogP contribution in [0.25, 0.3) is 0 Å². The molecule has 128 valence electrons. The Kier molecular flexibility index (Phi) is 6.09. The fourth-order valence-electron chi connectivity index (χ4n) is 1.89. The monoisotopic (exact) mass is 337 g/mol.